The molecule has 118 valence electrons. The Kier molecular flexibility index (Phi) is 3.86. The van der Waals surface area contributed by atoms with Crippen molar-refractivity contribution in [3.63, 3.8) is 0 Å². The van der Waals surface area contributed by atoms with Gasteiger partial charge in [-0.05, 0) is 38.0 Å². The van der Waals surface area contributed by atoms with Crippen molar-refractivity contribution in [2.24, 2.45) is 12.5 Å². The second-order valence-electron chi connectivity index (χ2n) is 6.70. The van der Waals surface area contributed by atoms with Crippen molar-refractivity contribution in [2.75, 3.05) is 13.1 Å². The summed E-state index contributed by atoms with van der Waals surface area (Å²) in [5.74, 6) is 0.731. The summed E-state index contributed by atoms with van der Waals surface area (Å²) in [6, 6.07) is 0. The van der Waals surface area contributed by atoms with E-state index >= 15 is 0 Å². The van der Waals surface area contributed by atoms with Crippen molar-refractivity contribution in [3.8, 4) is 0 Å². The Labute approximate surface area is 127 Å². The van der Waals surface area contributed by atoms with E-state index in [2.05, 4.69) is 4.98 Å². The van der Waals surface area contributed by atoms with Crippen LogP contribution in [0, 0.1) is 12.3 Å². The molecule has 5 nitrogen and oxygen atoms in total. The van der Waals surface area contributed by atoms with Crippen LogP contribution in [0.4, 0.5) is 0 Å². The first-order valence-corrected chi connectivity index (χ1v) is 9.37. The molecule has 2 fully saturated rings. The number of aromatic nitrogens is 2. The van der Waals surface area contributed by atoms with Crippen LogP contribution in [0.15, 0.2) is 11.2 Å². The molecule has 0 amide bonds. The lowest BCUT2D eigenvalue weighted by Crippen LogP contribution is -2.43. The smallest absolute Gasteiger partial charge is 0.262 e. The zero-order valence-corrected chi connectivity index (χ0v) is 13.8. The lowest BCUT2D eigenvalue weighted by Gasteiger charge is -2.43. The normalized spacial score (nSPS) is 23.5. The van der Waals surface area contributed by atoms with Crippen molar-refractivity contribution in [1.82, 2.24) is 13.9 Å². The summed E-state index contributed by atoms with van der Waals surface area (Å²) in [6.07, 6.45) is 10.2. The summed E-state index contributed by atoms with van der Waals surface area (Å²) in [5.41, 5.74) is 0.421. The minimum absolute atomic E-state index is 0.196. The summed E-state index contributed by atoms with van der Waals surface area (Å²) in [7, 11) is -1.59. The molecule has 1 aromatic heterocycles. The van der Waals surface area contributed by atoms with Crippen LogP contribution in [-0.2, 0) is 17.1 Å². The maximum Gasteiger partial charge on any atom is 0.262 e. The number of aryl methyl sites for hydroxylation is 2. The van der Waals surface area contributed by atoms with Gasteiger partial charge in [-0.3, -0.25) is 0 Å². The predicted molar refractivity (Wildman–Crippen MR) is 81.5 cm³/mol. The van der Waals surface area contributed by atoms with Crippen molar-refractivity contribution < 1.29 is 8.42 Å². The van der Waals surface area contributed by atoms with E-state index in [1.807, 2.05) is 14.0 Å². The first-order chi connectivity index (χ1) is 9.93. The fourth-order valence-electron chi connectivity index (χ4n) is 3.79. The maximum atomic E-state index is 12.7. The highest BCUT2D eigenvalue weighted by molar-refractivity contribution is 7.89. The van der Waals surface area contributed by atoms with E-state index in [9.17, 15) is 8.42 Å². The zero-order chi connectivity index (χ0) is 15.1. The molecule has 0 bridgehead atoms. The maximum absolute atomic E-state index is 12.7. The molecule has 2 heterocycles. The Morgan fingerprint density at radius 2 is 1.71 bits per heavy atom. The SMILES string of the molecule is Cc1nc(S(=O)(=O)N2CCC3(CCCCC3)CC2)cn1C. The second kappa shape index (κ2) is 5.39. The van der Waals surface area contributed by atoms with E-state index in [1.54, 1.807) is 15.1 Å². The van der Waals surface area contributed by atoms with Crippen LogP contribution in [0.25, 0.3) is 0 Å². The van der Waals surface area contributed by atoms with Crippen LogP contribution in [0.3, 0.4) is 0 Å². The van der Waals surface area contributed by atoms with E-state index in [0.29, 0.717) is 18.5 Å². The van der Waals surface area contributed by atoms with Gasteiger partial charge in [-0.25, -0.2) is 13.4 Å². The molecule has 1 saturated heterocycles. The van der Waals surface area contributed by atoms with E-state index in [4.69, 9.17) is 0 Å². The monoisotopic (exact) mass is 311 g/mol. The Hall–Kier alpha value is -0.880. The fourth-order valence-corrected chi connectivity index (χ4v) is 5.25. The first kappa shape index (κ1) is 15.0. The quantitative estimate of drug-likeness (QED) is 0.843. The molecule has 0 atom stereocenters. The third-order valence-electron chi connectivity index (χ3n) is 5.39. The number of rotatable bonds is 2. The third kappa shape index (κ3) is 2.75. The molecule has 1 aromatic rings. The summed E-state index contributed by atoms with van der Waals surface area (Å²) in [6.45, 7) is 3.13. The molecular formula is C15H25N3O2S. The van der Waals surface area contributed by atoms with Crippen LogP contribution in [0.5, 0.6) is 0 Å². The molecule has 2 aliphatic rings. The minimum Gasteiger partial charge on any atom is -0.337 e. The van der Waals surface area contributed by atoms with Crippen LogP contribution >= 0.6 is 0 Å². The van der Waals surface area contributed by atoms with Gasteiger partial charge in [-0.2, -0.15) is 4.31 Å². The first-order valence-electron chi connectivity index (χ1n) is 7.93. The Balaban J connectivity index is 1.73. The molecule has 21 heavy (non-hydrogen) atoms. The highest BCUT2D eigenvalue weighted by Gasteiger charge is 2.39. The summed E-state index contributed by atoms with van der Waals surface area (Å²) < 4.78 is 28.7. The van der Waals surface area contributed by atoms with Gasteiger partial charge in [0.2, 0.25) is 0 Å². The van der Waals surface area contributed by atoms with Gasteiger partial charge in [0.15, 0.2) is 5.03 Å². The lowest BCUT2D eigenvalue weighted by molar-refractivity contribution is 0.102. The topological polar surface area (TPSA) is 55.2 Å². The van der Waals surface area contributed by atoms with Gasteiger partial charge < -0.3 is 4.57 Å². The van der Waals surface area contributed by atoms with E-state index in [0.717, 1.165) is 18.7 Å². The third-order valence-corrected chi connectivity index (χ3v) is 7.16. The second-order valence-corrected chi connectivity index (χ2v) is 8.59. The predicted octanol–water partition coefficient (Wildman–Crippen LogP) is 2.46. The molecule has 1 aliphatic heterocycles. The van der Waals surface area contributed by atoms with Crippen LogP contribution in [-0.4, -0.2) is 35.4 Å². The minimum atomic E-state index is -3.42. The molecule has 0 N–H and O–H groups in total. The highest BCUT2D eigenvalue weighted by atomic mass is 32.2. The van der Waals surface area contributed by atoms with Gasteiger partial charge in [0, 0.05) is 26.3 Å². The van der Waals surface area contributed by atoms with Gasteiger partial charge in [0.05, 0.1) is 0 Å². The largest absolute Gasteiger partial charge is 0.337 e. The molecule has 1 aliphatic carbocycles. The van der Waals surface area contributed by atoms with Gasteiger partial charge >= 0.3 is 0 Å². The molecule has 0 unspecified atom stereocenters. The van der Waals surface area contributed by atoms with Crippen molar-refractivity contribution >= 4 is 10.0 Å². The number of sulfonamides is 1. The van der Waals surface area contributed by atoms with Gasteiger partial charge in [0.25, 0.3) is 10.0 Å². The molecular weight excluding hydrogens is 286 g/mol. The average Bonchev–Trinajstić information content (AvgIpc) is 2.81. The Bertz CT molecular complexity index is 585. The molecule has 0 aromatic carbocycles. The Morgan fingerprint density at radius 3 is 2.24 bits per heavy atom. The van der Waals surface area contributed by atoms with E-state index in [1.165, 1.54) is 32.1 Å². The van der Waals surface area contributed by atoms with Crippen molar-refractivity contribution in [1.29, 1.82) is 0 Å². The number of hydrogen-bond acceptors (Lipinski definition) is 3. The van der Waals surface area contributed by atoms with Crippen molar-refractivity contribution in [3.05, 3.63) is 12.0 Å². The van der Waals surface area contributed by atoms with Crippen LogP contribution < -0.4 is 0 Å². The number of hydrogen-bond donors (Lipinski definition) is 0. The number of piperidine rings is 1. The number of imidazole rings is 1. The van der Waals surface area contributed by atoms with Crippen LogP contribution in [0.2, 0.25) is 0 Å². The highest BCUT2D eigenvalue weighted by Crippen LogP contribution is 2.45. The van der Waals surface area contributed by atoms with Crippen LogP contribution in [0.1, 0.15) is 50.8 Å². The standard InChI is InChI=1S/C15H25N3O2S/c1-13-16-14(12-17(13)2)21(19,20)18-10-8-15(9-11-18)6-4-3-5-7-15/h12H,3-11H2,1-2H3. The molecule has 6 heteroatoms. The fraction of sp³-hybridized carbons (Fsp3) is 0.800. The summed E-state index contributed by atoms with van der Waals surface area (Å²) in [4.78, 5) is 4.19. The summed E-state index contributed by atoms with van der Waals surface area (Å²) >= 11 is 0. The van der Waals surface area contributed by atoms with Gasteiger partial charge in [0.1, 0.15) is 5.82 Å². The average molecular weight is 311 g/mol. The molecule has 1 spiro atoms. The Morgan fingerprint density at radius 1 is 1.10 bits per heavy atom. The zero-order valence-electron chi connectivity index (χ0n) is 13.0. The molecule has 1 saturated carbocycles. The summed E-state index contributed by atoms with van der Waals surface area (Å²) in [5, 5.41) is 0.196. The lowest BCUT2D eigenvalue weighted by atomic mass is 9.68. The van der Waals surface area contributed by atoms with Gasteiger partial charge in [-0.1, -0.05) is 19.3 Å². The molecule has 0 radical (unpaired) electrons. The van der Waals surface area contributed by atoms with E-state index in [-0.39, 0.29) is 5.03 Å². The van der Waals surface area contributed by atoms with E-state index < -0.39 is 10.0 Å². The van der Waals surface area contributed by atoms with Gasteiger partial charge in [-0.15, -0.1) is 0 Å². The number of nitrogens with zero attached hydrogens (tertiary/aromatic N) is 3. The molecule has 3 rings (SSSR count). The van der Waals surface area contributed by atoms with Crippen molar-refractivity contribution in [2.45, 2.75) is 56.9 Å².